The zero-order valence-electron chi connectivity index (χ0n) is 17.2. The van der Waals surface area contributed by atoms with Crippen LogP contribution in [0.1, 0.15) is 36.7 Å². The van der Waals surface area contributed by atoms with Gasteiger partial charge in [0.05, 0.1) is 18.4 Å². The molecular formula is C23H27N3O3. The summed E-state index contributed by atoms with van der Waals surface area (Å²) in [6.07, 6.45) is 4.03. The van der Waals surface area contributed by atoms with Gasteiger partial charge in [0.15, 0.2) is 0 Å². The fourth-order valence-corrected chi connectivity index (χ4v) is 3.59. The molecule has 0 spiro atoms. The van der Waals surface area contributed by atoms with Crippen LogP contribution >= 0.6 is 0 Å². The molecular weight excluding hydrogens is 366 g/mol. The van der Waals surface area contributed by atoms with Gasteiger partial charge in [-0.3, -0.25) is 4.79 Å². The molecule has 0 saturated carbocycles. The molecule has 29 heavy (non-hydrogen) atoms. The van der Waals surface area contributed by atoms with E-state index in [2.05, 4.69) is 9.88 Å². The maximum atomic E-state index is 12.7. The van der Waals surface area contributed by atoms with Crippen LogP contribution in [-0.2, 0) is 16.1 Å². The maximum Gasteiger partial charge on any atom is 0.266 e. The molecule has 1 fully saturated rings. The van der Waals surface area contributed by atoms with E-state index in [0.717, 1.165) is 42.9 Å². The van der Waals surface area contributed by atoms with Crippen molar-refractivity contribution < 1.29 is 14.3 Å². The van der Waals surface area contributed by atoms with Crippen LogP contribution in [0, 0.1) is 25.2 Å². The Morgan fingerprint density at radius 3 is 2.90 bits per heavy atom. The lowest BCUT2D eigenvalue weighted by Gasteiger charge is -2.14. The van der Waals surface area contributed by atoms with Crippen LogP contribution in [0.15, 0.2) is 35.9 Å². The summed E-state index contributed by atoms with van der Waals surface area (Å²) in [5, 5.41) is 12.4. The topological polar surface area (TPSA) is 76.3 Å². The number of aromatic nitrogens is 1. The first-order chi connectivity index (χ1) is 14.0. The van der Waals surface area contributed by atoms with Gasteiger partial charge in [-0.1, -0.05) is 12.1 Å². The molecule has 1 aliphatic heterocycles. The fourth-order valence-electron chi connectivity index (χ4n) is 3.59. The SMILES string of the molecule is CCOc1ccccc1NC(=O)/C(C#N)=C/c1cc(C)n(CC2CCCO2)c1C. The molecule has 0 radical (unpaired) electrons. The van der Waals surface area contributed by atoms with Gasteiger partial charge in [-0.15, -0.1) is 0 Å². The number of amides is 1. The Morgan fingerprint density at radius 2 is 2.21 bits per heavy atom. The van der Waals surface area contributed by atoms with Crippen molar-refractivity contribution in [3.05, 3.63) is 52.9 Å². The van der Waals surface area contributed by atoms with Crippen LogP contribution in [0.2, 0.25) is 0 Å². The number of hydrogen-bond donors (Lipinski definition) is 1. The average Bonchev–Trinajstić information content (AvgIpc) is 3.31. The number of hydrogen-bond acceptors (Lipinski definition) is 4. The number of aryl methyl sites for hydroxylation is 1. The van der Waals surface area contributed by atoms with Gasteiger partial charge in [-0.2, -0.15) is 5.26 Å². The second-order valence-electron chi connectivity index (χ2n) is 7.13. The number of anilines is 1. The van der Waals surface area contributed by atoms with Gasteiger partial charge >= 0.3 is 0 Å². The highest BCUT2D eigenvalue weighted by Crippen LogP contribution is 2.25. The van der Waals surface area contributed by atoms with Gasteiger partial charge in [0.25, 0.3) is 5.91 Å². The van der Waals surface area contributed by atoms with Crippen molar-refractivity contribution in [2.75, 3.05) is 18.5 Å². The Labute approximate surface area is 171 Å². The number of carbonyl (C=O) groups is 1. The zero-order chi connectivity index (χ0) is 20.8. The summed E-state index contributed by atoms with van der Waals surface area (Å²) in [5.74, 6) is 0.124. The lowest BCUT2D eigenvalue weighted by molar-refractivity contribution is -0.112. The normalized spacial score (nSPS) is 16.5. The Bertz CT molecular complexity index is 947. The molecule has 152 valence electrons. The number of nitrogens with zero attached hydrogens (tertiary/aromatic N) is 2. The highest BCUT2D eigenvalue weighted by atomic mass is 16.5. The van der Waals surface area contributed by atoms with E-state index >= 15 is 0 Å². The first-order valence-electron chi connectivity index (χ1n) is 9.96. The number of ether oxygens (including phenoxy) is 2. The Morgan fingerprint density at radius 1 is 1.41 bits per heavy atom. The molecule has 2 heterocycles. The molecule has 3 rings (SSSR count). The minimum Gasteiger partial charge on any atom is -0.492 e. The predicted molar refractivity (Wildman–Crippen MR) is 113 cm³/mol. The van der Waals surface area contributed by atoms with E-state index in [0.29, 0.717) is 18.0 Å². The molecule has 1 aromatic heterocycles. The van der Waals surface area contributed by atoms with E-state index in [9.17, 15) is 10.1 Å². The van der Waals surface area contributed by atoms with Crippen molar-refractivity contribution in [2.24, 2.45) is 0 Å². The third-order valence-corrected chi connectivity index (χ3v) is 5.12. The summed E-state index contributed by atoms with van der Waals surface area (Å²) in [4.78, 5) is 12.7. The number of para-hydroxylation sites is 2. The second-order valence-corrected chi connectivity index (χ2v) is 7.13. The van der Waals surface area contributed by atoms with Gasteiger partial charge in [-0.25, -0.2) is 0 Å². The van der Waals surface area contributed by atoms with Crippen molar-refractivity contribution in [1.29, 1.82) is 5.26 Å². The van der Waals surface area contributed by atoms with Crippen molar-refractivity contribution in [3.8, 4) is 11.8 Å². The predicted octanol–water partition coefficient (Wildman–Crippen LogP) is 4.23. The third kappa shape index (κ3) is 4.87. The van der Waals surface area contributed by atoms with E-state index in [-0.39, 0.29) is 11.7 Å². The van der Waals surface area contributed by atoms with Crippen LogP contribution in [0.5, 0.6) is 5.75 Å². The second kappa shape index (κ2) is 9.44. The lowest BCUT2D eigenvalue weighted by atomic mass is 10.1. The van der Waals surface area contributed by atoms with Gasteiger partial charge in [0.1, 0.15) is 17.4 Å². The quantitative estimate of drug-likeness (QED) is 0.564. The molecule has 6 heteroatoms. The molecule has 1 saturated heterocycles. The van der Waals surface area contributed by atoms with Gasteiger partial charge in [0.2, 0.25) is 0 Å². The summed E-state index contributed by atoms with van der Waals surface area (Å²) in [6, 6.07) is 11.2. The lowest BCUT2D eigenvalue weighted by Crippen LogP contribution is -2.17. The molecule has 1 unspecified atom stereocenters. The van der Waals surface area contributed by atoms with Crippen LogP contribution in [0.25, 0.3) is 6.08 Å². The molecule has 6 nitrogen and oxygen atoms in total. The molecule has 1 atom stereocenters. The van der Waals surface area contributed by atoms with E-state index in [1.54, 1.807) is 18.2 Å². The minimum absolute atomic E-state index is 0.0497. The molecule has 2 aromatic rings. The van der Waals surface area contributed by atoms with Gasteiger partial charge in [0, 0.05) is 24.5 Å². The van der Waals surface area contributed by atoms with Crippen molar-refractivity contribution in [1.82, 2.24) is 4.57 Å². The van der Waals surface area contributed by atoms with Crippen LogP contribution in [-0.4, -0.2) is 29.8 Å². The van der Waals surface area contributed by atoms with Gasteiger partial charge in [-0.05, 0) is 63.5 Å². The zero-order valence-corrected chi connectivity index (χ0v) is 17.2. The Kier molecular flexibility index (Phi) is 6.73. The van der Waals surface area contributed by atoms with Crippen LogP contribution < -0.4 is 10.1 Å². The molecule has 1 amide bonds. The standard InChI is InChI=1S/C23H27N3O3/c1-4-28-22-10-6-5-9-21(22)25-23(27)19(14-24)13-18-12-16(2)26(17(18)3)15-20-8-7-11-29-20/h5-6,9-10,12-13,20H,4,7-8,11,15H2,1-3H3,(H,25,27)/b19-13+. The largest absolute Gasteiger partial charge is 0.492 e. The van der Waals surface area contributed by atoms with Gasteiger partial charge < -0.3 is 19.4 Å². The first-order valence-corrected chi connectivity index (χ1v) is 9.96. The highest BCUT2D eigenvalue weighted by molar-refractivity contribution is 6.10. The molecule has 1 N–H and O–H groups in total. The van der Waals surface area contributed by atoms with Crippen LogP contribution in [0.3, 0.4) is 0 Å². The molecule has 1 aliphatic rings. The Hall–Kier alpha value is -3.04. The molecule has 0 bridgehead atoms. The van der Waals surface area contributed by atoms with Crippen molar-refractivity contribution in [2.45, 2.75) is 46.3 Å². The summed E-state index contributed by atoms with van der Waals surface area (Å²) >= 11 is 0. The molecule has 1 aromatic carbocycles. The fraction of sp³-hybridized carbons (Fsp3) is 0.391. The Balaban J connectivity index is 1.81. The molecule has 0 aliphatic carbocycles. The maximum absolute atomic E-state index is 12.7. The number of carbonyl (C=O) groups excluding carboxylic acids is 1. The number of nitrogens with one attached hydrogen (secondary N) is 1. The number of benzene rings is 1. The van der Waals surface area contributed by atoms with E-state index < -0.39 is 5.91 Å². The third-order valence-electron chi connectivity index (χ3n) is 5.12. The van der Waals surface area contributed by atoms with Crippen molar-refractivity contribution >= 4 is 17.7 Å². The summed E-state index contributed by atoms with van der Waals surface area (Å²) in [5.41, 5.74) is 3.57. The van der Waals surface area contributed by atoms with E-state index in [1.807, 2.05) is 45.0 Å². The van der Waals surface area contributed by atoms with Crippen molar-refractivity contribution in [3.63, 3.8) is 0 Å². The first kappa shape index (κ1) is 20.7. The monoisotopic (exact) mass is 393 g/mol. The van der Waals surface area contributed by atoms with E-state index in [4.69, 9.17) is 9.47 Å². The van der Waals surface area contributed by atoms with E-state index in [1.165, 1.54) is 0 Å². The van der Waals surface area contributed by atoms with Crippen LogP contribution in [0.4, 0.5) is 5.69 Å². The minimum atomic E-state index is -0.455. The highest BCUT2D eigenvalue weighted by Gasteiger charge is 2.19. The number of rotatable bonds is 7. The summed E-state index contributed by atoms with van der Waals surface area (Å²) in [6.45, 7) is 8.02. The summed E-state index contributed by atoms with van der Waals surface area (Å²) in [7, 11) is 0. The number of nitriles is 1. The smallest absolute Gasteiger partial charge is 0.266 e. The average molecular weight is 393 g/mol. The summed E-state index contributed by atoms with van der Waals surface area (Å²) < 4.78 is 13.5.